The van der Waals surface area contributed by atoms with Gasteiger partial charge in [0.25, 0.3) is 0 Å². The lowest BCUT2D eigenvalue weighted by atomic mass is 10.1. The van der Waals surface area contributed by atoms with E-state index < -0.39 is 0 Å². The summed E-state index contributed by atoms with van der Waals surface area (Å²) < 4.78 is 0. The normalized spacial score (nSPS) is 10.6. The van der Waals surface area contributed by atoms with Crippen LogP contribution < -0.4 is 5.32 Å². The smallest absolute Gasteiger partial charge is 0.220 e. The summed E-state index contributed by atoms with van der Waals surface area (Å²) in [5.74, 6) is 0.148. The molecule has 1 aromatic heterocycles. The van der Waals surface area contributed by atoms with E-state index in [0.717, 1.165) is 24.6 Å². The van der Waals surface area contributed by atoms with Gasteiger partial charge in [0.1, 0.15) is 0 Å². The van der Waals surface area contributed by atoms with Gasteiger partial charge in [0.15, 0.2) is 0 Å². The topological polar surface area (TPSA) is 42.0 Å². The zero-order valence-corrected chi connectivity index (χ0v) is 11.4. The molecule has 2 aromatic rings. The van der Waals surface area contributed by atoms with Crippen LogP contribution in [0.3, 0.4) is 0 Å². The Balaban J connectivity index is 1.93. The van der Waals surface area contributed by atoms with Crippen molar-refractivity contribution in [1.82, 2.24) is 10.3 Å². The maximum Gasteiger partial charge on any atom is 0.220 e. The van der Waals surface area contributed by atoms with Crippen LogP contribution in [0.1, 0.15) is 31.7 Å². The summed E-state index contributed by atoms with van der Waals surface area (Å²) in [6.07, 6.45) is 7.23. The minimum absolute atomic E-state index is 0.148. The number of fused-ring (bicyclic) bond motifs is 1. The Morgan fingerprint density at radius 3 is 2.95 bits per heavy atom. The highest BCUT2D eigenvalue weighted by Gasteiger charge is 2.03. The molecule has 1 N–H and O–H groups in total. The van der Waals surface area contributed by atoms with Crippen LogP contribution in [-0.2, 0) is 11.2 Å². The Hall–Kier alpha value is -1.90. The SMILES string of the molecule is CCCCC(=O)NCCc1cncc2ccccc12. The molecule has 0 atom stereocenters. The first-order valence-corrected chi connectivity index (χ1v) is 6.89. The second-order valence-electron chi connectivity index (χ2n) is 4.72. The second-order valence-corrected chi connectivity index (χ2v) is 4.72. The van der Waals surface area contributed by atoms with Crippen LogP contribution in [-0.4, -0.2) is 17.4 Å². The zero-order chi connectivity index (χ0) is 13.5. The van der Waals surface area contributed by atoms with Crippen molar-refractivity contribution >= 4 is 16.7 Å². The monoisotopic (exact) mass is 256 g/mol. The number of nitrogens with zero attached hydrogens (tertiary/aromatic N) is 1. The van der Waals surface area contributed by atoms with Crippen molar-refractivity contribution in [3.63, 3.8) is 0 Å². The Bertz CT molecular complexity index is 546. The Kier molecular flexibility index (Phi) is 4.90. The van der Waals surface area contributed by atoms with Crippen molar-refractivity contribution in [2.24, 2.45) is 0 Å². The second kappa shape index (κ2) is 6.88. The standard InChI is InChI=1S/C16H20N2O/c1-2-3-8-16(19)18-10-9-14-12-17-11-13-6-4-5-7-15(13)14/h4-7,11-12H,2-3,8-10H2,1H3,(H,18,19). The largest absolute Gasteiger partial charge is 0.356 e. The molecule has 0 spiro atoms. The number of benzene rings is 1. The number of unbranched alkanes of at least 4 members (excludes halogenated alkanes) is 1. The van der Waals surface area contributed by atoms with E-state index in [1.165, 1.54) is 10.9 Å². The predicted molar refractivity (Wildman–Crippen MR) is 78.0 cm³/mol. The number of carbonyl (C=O) groups excluding carboxylic acids is 1. The first-order valence-electron chi connectivity index (χ1n) is 6.89. The van der Waals surface area contributed by atoms with Crippen LogP contribution in [0, 0.1) is 0 Å². The van der Waals surface area contributed by atoms with E-state index in [1.54, 1.807) is 0 Å². The molecular formula is C16H20N2O. The first-order chi connectivity index (χ1) is 9.31. The van der Waals surface area contributed by atoms with Gasteiger partial charge < -0.3 is 5.32 Å². The predicted octanol–water partition coefficient (Wildman–Crippen LogP) is 3.08. The minimum Gasteiger partial charge on any atom is -0.356 e. The Labute approximate surface area is 114 Å². The highest BCUT2D eigenvalue weighted by Crippen LogP contribution is 2.16. The van der Waals surface area contributed by atoms with E-state index in [2.05, 4.69) is 29.4 Å². The van der Waals surface area contributed by atoms with Crippen LogP contribution in [0.4, 0.5) is 0 Å². The molecule has 0 saturated carbocycles. The van der Waals surface area contributed by atoms with Crippen molar-refractivity contribution in [2.45, 2.75) is 32.6 Å². The summed E-state index contributed by atoms with van der Waals surface area (Å²) in [5, 5.41) is 5.34. The van der Waals surface area contributed by atoms with E-state index in [1.807, 2.05) is 24.5 Å². The summed E-state index contributed by atoms with van der Waals surface area (Å²) in [4.78, 5) is 15.8. The van der Waals surface area contributed by atoms with E-state index in [9.17, 15) is 4.79 Å². The molecule has 0 saturated heterocycles. The first kappa shape index (κ1) is 13.5. The van der Waals surface area contributed by atoms with Gasteiger partial charge in [0.05, 0.1) is 0 Å². The molecule has 100 valence electrons. The molecule has 3 heteroatoms. The fraction of sp³-hybridized carbons (Fsp3) is 0.375. The maximum atomic E-state index is 11.5. The lowest BCUT2D eigenvalue weighted by molar-refractivity contribution is -0.121. The van der Waals surface area contributed by atoms with Gasteiger partial charge in [-0.3, -0.25) is 9.78 Å². The highest BCUT2D eigenvalue weighted by atomic mass is 16.1. The molecule has 1 aromatic carbocycles. The van der Waals surface area contributed by atoms with E-state index in [4.69, 9.17) is 0 Å². The van der Waals surface area contributed by atoms with Crippen LogP contribution in [0.15, 0.2) is 36.7 Å². The number of carbonyl (C=O) groups is 1. The number of aromatic nitrogens is 1. The van der Waals surface area contributed by atoms with E-state index >= 15 is 0 Å². The third-order valence-electron chi connectivity index (χ3n) is 3.22. The van der Waals surface area contributed by atoms with Crippen LogP contribution in [0.2, 0.25) is 0 Å². The van der Waals surface area contributed by atoms with Gasteiger partial charge in [-0.15, -0.1) is 0 Å². The molecule has 19 heavy (non-hydrogen) atoms. The molecule has 1 amide bonds. The number of hydrogen-bond acceptors (Lipinski definition) is 2. The Morgan fingerprint density at radius 1 is 1.26 bits per heavy atom. The van der Waals surface area contributed by atoms with Crippen LogP contribution in [0.5, 0.6) is 0 Å². The molecule has 0 unspecified atom stereocenters. The van der Waals surface area contributed by atoms with Gasteiger partial charge in [-0.25, -0.2) is 0 Å². The lowest BCUT2D eigenvalue weighted by Crippen LogP contribution is -2.25. The van der Waals surface area contributed by atoms with Gasteiger partial charge in [0, 0.05) is 30.7 Å². The van der Waals surface area contributed by atoms with Crippen molar-refractivity contribution in [1.29, 1.82) is 0 Å². The summed E-state index contributed by atoms with van der Waals surface area (Å²) in [5.41, 5.74) is 1.19. The van der Waals surface area contributed by atoms with Crippen molar-refractivity contribution < 1.29 is 4.79 Å². The summed E-state index contributed by atoms with van der Waals surface area (Å²) in [6, 6.07) is 8.21. The quantitative estimate of drug-likeness (QED) is 0.863. The van der Waals surface area contributed by atoms with Gasteiger partial charge in [-0.05, 0) is 23.8 Å². The molecule has 0 aliphatic rings. The average molecular weight is 256 g/mol. The van der Waals surface area contributed by atoms with E-state index in [0.29, 0.717) is 13.0 Å². The minimum atomic E-state index is 0.148. The van der Waals surface area contributed by atoms with Gasteiger partial charge in [-0.2, -0.15) is 0 Å². The highest BCUT2D eigenvalue weighted by molar-refractivity contribution is 5.84. The number of rotatable bonds is 6. The lowest BCUT2D eigenvalue weighted by Gasteiger charge is -2.07. The van der Waals surface area contributed by atoms with Crippen molar-refractivity contribution in [2.75, 3.05) is 6.54 Å². The molecular weight excluding hydrogens is 236 g/mol. The fourth-order valence-corrected chi connectivity index (χ4v) is 2.14. The third-order valence-corrected chi connectivity index (χ3v) is 3.22. The van der Waals surface area contributed by atoms with Crippen molar-refractivity contribution in [3.05, 3.63) is 42.2 Å². The van der Waals surface area contributed by atoms with Gasteiger partial charge in [0.2, 0.25) is 5.91 Å². The summed E-state index contributed by atoms with van der Waals surface area (Å²) in [7, 11) is 0. The fourth-order valence-electron chi connectivity index (χ4n) is 2.14. The number of amides is 1. The van der Waals surface area contributed by atoms with Gasteiger partial charge >= 0.3 is 0 Å². The molecule has 0 fully saturated rings. The molecule has 0 aliphatic carbocycles. The molecule has 0 radical (unpaired) electrons. The Morgan fingerprint density at radius 2 is 2.11 bits per heavy atom. The molecule has 2 rings (SSSR count). The van der Waals surface area contributed by atoms with Gasteiger partial charge in [-0.1, -0.05) is 37.6 Å². The van der Waals surface area contributed by atoms with E-state index in [-0.39, 0.29) is 5.91 Å². The van der Waals surface area contributed by atoms with Crippen molar-refractivity contribution in [3.8, 4) is 0 Å². The molecule has 1 heterocycles. The third kappa shape index (κ3) is 3.78. The molecule has 3 nitrogen and oxygen atoms in total. The number of nitrogens with one attached hydrogen (secondary N) is 1. The zero-order valence-electron chi connectivity index (χ0n) is 11.4. The van der Waals surface area contributed by atoms with Crippen LogP contribution >= 0.6 is 0 Å². The maximum absolute atomic E-state index is 11.5. The molecule has 0 aliphatic heterocycles. The number of pyridine rings is 1. The number of hydrogen-bond donors (Lipinski definition) is 1. The average Bonchev–Trinajstić information content (AvgIpc) is 2.45. The summed E-state index contributed by atoms with van der Waals surface area (Å²) >= 11 is 0. The molecule has 0 bridgehead atoms. The van der Waals surface area contributed by atoms with Crippen LogP contribution in [0.25, 0.3) is 10.8 Å². The summed E-state index contributed by atoms with van der Waals surface area (Å²) in [6.45, 7) is 2.77.